The SMILES string of the molecule is O=C(O)CN(CCc1ccc(Cl)cc1)C(=O)c1cccc(OCc2ccc(F)cc2)c1. The maximum absolute atomic E-state index is 13.0. The van der Waals surface area contributed by atoms with Gasteiger partial charge in [0.25, 0.3) is 5.91 Å². The van der Waals surface area contributed by atoms with E-state index < -0.39 is 18.4 Å². The number of nitrogens with zero attached hydrogens (tertiary/aromatic N) is 1. The van der Waals surface area contributed by atoms with E-state index in [2.05, 4.69) is 0 Å². The molecule has 0 aliphatic rings. The summed E-state index contributed by atoms with van der Waals surface area (Å²) in [5, 5.41) is 9.85. The number of carboxylic acids is 1. The van der Waals surface area contributed by atoms with Crippen molar-refractivity contribution in [3.05, 3.63) is 100 Å². The molecule has 1 N–H and O–H groups in total. The van der Waals surface area contributed by atoms with Crippen molar-refractivity contribution in [2.45, 2.75) is 13.0 Å². The normalized spacial score (nSPS) is 10.5. The van der Waals surface area contributed by atoms with E-state index in [0.29, 0.717) is 22.8 Å². The van der Waals surface area contributed by atoms with Crippen LogP contribution in [0.5, 0.6) is 5.75 Å². The molecular formula is C24H21ClFNO4. The predicted molar refractivity (Wildman–Crippen MR) is 116 cm³/mol. The van der Waals surface area contributed by atoms with Gasteiger partial charge in [0.05, 0.1) is 0 Å². The van der Waals surface area contributed by atoms with Crippen LogP contribution >= 0.6 is 11.6 Å². The van der Waals surface area contributed by atoms with Crippen LogP contribution in [0, 0.1) is 5.82 Å². The summed E-state index contributed by atoms with van der Waals surface area (Å²) in [4.78, 5) is 25.5. The molecule has 0 heterocycles. The quantitative estimate of drug-likeness (QED) is 0.516. The number of carbonyl (C=O) groups is 2. The molecule has 0 aromatic heterocycles. The molecule has 0 bridgehead atoms. The molecule has 0 unspecified atom stereocenters. The number of halogens is 2. The Morgan fingerprint density at radius 1 is 0.968 bits per heavy atom. The average molecular weight is 442 g/mol. The van der Waals surface area contributed by atoms with Gasteiger partial charge in [0.1, 0.15) is 24.7 Å². The lowest BCUT2D eigenvalue weighted by atomic mass is 10.1. The Kier molecular flexibility index (Phi) is 7.62. The van der Waals surface area contributed by atoms with Crippen molar-refractivity contribution in [1.29, 1.82) is 0 Å². The molecule has 0 aliphatic heterocycles. The van der Waals surface area contributed by atoms with Crippen LogP contribution in [0.4, 0.5) is 4.39 Å². The zero-order chi connectivity index (χ0) is 22.2. The van der Waals surface area contributed by atoms with Gasteiger partial charge in [-0.15, -0.1) is 0 Å². The summed E-state index contributed by atoms with van der Waals surface area (Å²) in [6.07, 6.45) is 0.497. The smallest absolute Gasteiger partial charge is 0.323 e. The first-order valence-corrected chi connectivity index (χ1v) is 10.0. The van der Waals surface area contributed by atoms with Gasteiger partial charge in [-0.2, -0.15) is 0 Å². The van der Waals surface area contributed by atoms with E-state index in [1.807, 2.05) is 12.1 Å². The summed E-state index contributed by atoms with van der Waals surface area (Å²) in [6, 6.07) is 19.7. The zero-order valence-corrected chi connectivity index (χ0v) is 17.4. The van der Waals surface area contributed by atoms with Crippen LogP contribution < -0.4 is 4.74 Å². The molecule has 7 heteroatoms. The maximum atomic E-state index is 13.0. The van der Waals surface area contributed by atoms with Crippen LogP contribution in [0.3, 0.4) is 0 Å². The van der Waals surface area contributed by atoms with Gasteiger partial charge in [-0.1, -0.05) is 41.9 Å². The lowest BCUT2D eigenvalue weighted by Crippen LogP contribution is -2.37. The molecule has 0 fully saturated rings. The first kappa shape index (κ1) is 22.3. The molecular weight excluding hydrogens is 421 g/mol. The van der Waals surface area contributed by atoms with Gasteiger partial charge in [0.2, 0.25) is 0 Å². The number of benzene rings is 3. The molecule has 0 atom stereocenters. The number of hydrogen-bond acceptors (Lipinski definition) is 3. The van der Waals surface area contributed by atoms with E-state index in [4.69, 9.17) is 16.3 Å². The first-order chi connectivity index (χ1) is 14.9. The molecule has 0 aliphatic carbocycles. The lowest BCUT2D eigenvalue weighted by molar-refractivity contribution is -0.137. The van der Waals surface area contributed by atoms with Gasteiger partial charge in [0, 0.05) is 17.1 Å². The van der Waals surface area contributed by atoms with Crippen LogP contribution in [0.15, 0.2) is 72.8 Å². The molecule has 0 radical (unpaired) electrons. The molecule has 160 valence electrons. The van der Waals surface area contributed by atoms with Gasteiger partial charge >= 0.3 is 5.97 Å². The summed E-state index contributed by atoms with van der Waals surface area (Å²) in [7, 11) is 0. The van der Waals surface area contributed by atoms with Gasteiger partial charge in [-0.3, -0.25) is 9.59 Å². The highest BCUT2D eigenvalue weighted by molar-refractivity contribution is 6.30. The van der Waals surface area contributed by atoms with Crippen molar-refractivity contribution in [2.75, 3.05) is 13.1 Å². The fourth-order valence-corrected chi connectivity index (χ4v) is 3.11. The van der Waals surface area contributed by atoms with E-state index in [-0.39, 0.29) is 19.0 Å². The van der Waals surface area contributed by atoms with Crippen LogP contribution in [0.2, 0.25) is 5.02 Å². The van der Waals surface area contributed by atoms with E-state index in [9.17, 15) is 19.1 Å². The Morgan fingerprint density at radius 3 is 2.32 bits per heavy atom. The van der Waals surface area contributed by atoms with Crippen LogP contribution in [0.1, 0.15) is 21.5 Å². The zero-order valence-electron chi connectivity index (χ0n) is 16.6. The van der Waals surface area contributed by atoms with Crippen LogP contribution in [-0.2, 0) is 17.8 Å². The molecule has 31 heavy (non-hydrogen) atoms. The molecule has 0 saturated heterocycles. The molecule has 0 saturated carbocycles. The number of carboxylic acid groups (broad SMARTS) is 1. The summed E-state index contributed by atoms with van der Waals surface area (Å²) >= 11 is 5.89. The minimum atomic E-state index is -1.09. The Bertz CT molecular complexity index is 1040. The second-order valence-electron chi connectivity index (χ2n) is 6.94. The third-order valence-electron chi connectivity index (χ3n) is 4.60. The monoisotopic (exact) mass is 441 g/mol. The van der Waals surface area contributed by atoms with E-state index in [1.54, 1.807) is 48.5 Å². The molecule has 0 spiro atoms. The van der Waals surface area contributed by atoms with E-state index in [1.165, 1.54) is 17.0 Å². The number of aliphatic carboxylic acids is 1. The van der Waals surface area contributed by atoms with E-state index in [0.717, 1.165) is 11.1 Å². The Labute approximate surface area is 184 Å². The minimum Gasteiger partial charge on any atom is -0.489 e. The molecule has 5 nitrogen and oxygen atoms in total. The van der Waals surface area contributed by atoms with E-state index >= 15 is 0 Å². The number of amides is 1. The van der Waals surface area contributed by atoms with Crippen LogP contribution in [-0.4, -0.2) is 35.0 Å². The minimum absolute atomic E-state index is 0.216. The van der Waals surface area contributed by atoms with Crippen molar-refractivity contribution in [1.82, 2.24) is 4.90 Å². The summed E-state index contributed by atoms with van der Waals surface area (Å²) in [5.74, 6) is -1.35. The Morgan fingerprint density at radius 2 is 1.65 bits per heavy atom. The number of carbonyl (C=O) groups excluding carboxylic acids is 1. The first-order valence-electron chi connectivity index (χ1n) is 9.63. The third-order valence-corrected chi connectivity index (χ3v) is 4.85. The third kappa shape index (κ3) is 6.83. The van der Waals surface area contributed by atoms with Crippen molar-refractivity contribution in [2.24, 2.45) is 0 Å². The fraction of sp³-hybridized carbons (Fsp3) is 0.167. The van der Waals surface area contributed by atoms with Crippen LogP contribution in [0.25, 0.3) is 0 Å². The van der Waals surface area contributed by atoms with Crippen molar-refractivity contribution < 1.29 is 23.8 Å². The highest BCUT2D eigenvalue weighted by Crippen LogP contribution is 2.18. The molecule has 1 amide bonds. The molecule has 3 aromatic rings. The fourth-order valence-electron chi connectivity index (χ4n) is 2.98. The lowest BCUT2D eigenvalue weighted by Gasteiger charge is -2.21. The van der Waals surface area contributed by atoms with Crippen molar-refractivity contribution in [3.63, 3.8) is 0 Å². The summed E-state index contributed by atoms with van der Waals surface area (Å²) < 4.78 is 18.7. The average Bonchev–Trinajstić information content (AvgIpc) is 2.77. The number of rotatable bonds is 9. The number of ether oxygens (including phenoxy) is 1. The van der Waals surface area contributed by atoms with Gasteiger partial charge in [-0.05, 0) is 60.0 Å². The summed E-state index contributed by atoms with van der Waals surface area (Å²) in [5.41, 5.74) is 2.06. The van der Waals surface area contributed by atoms with Crippen molar-refractivity contribution >= 4 is 23.5 Å². The Balaban J connectivity index is 1.68. The largest absolute Gasteiger partial charge is 0.489 e. The second kappa shape index (κ2) is 10.6. The summed E-state index contributed by atoms with van der Waals surface area (Å²) in [6.45, 7) is 0.0495. The maximum Gasteiger partial charge on any atom is 0.323 e. The van der Waals surface area contributed by atoms with Gasteiger partial charge < -0.3 is 14.7 Å². The highest BCUT2D eigenvalue weighted by Gasteiger charge is 2.19. The highest BCUT2D eigenvalue weighted by atomic mass is 35.5. The van der Waals surface area contributed by atoms with Crippen molar-refractivity contribution in [3.8, 4) is 5.75 Å². The predicted octanol–water partition coefficient (Wildman–Crippen LogP) is 4.83. The van der Waals surface area contributed by atoms with Gasteiger partial charge in [0.15, 0.2) is 0 Å². The standard InChI is InChI=1S/C24H21ClFNO4/c25-20-8-4-17(5-9-20)12-13-27(15-23(28)29)24(30)19-2-1-3-22(14-19)31-16-18-6-10-21(26)11-7-18/h1-11,14H,12-13,15-16H2,(H,28,29). The topological polar surface area (TPSA) is 66.8 Å². The van der Waals surface area contributed by atoms with Gasteiger partial charge in [-0.25, -0.2) is 4.39 Å². The second-order valence-corrected chi connectivity index (χ2v) is 7.38. The molecule has 3 aromatic carbocycles. The molecule has 3 rings (SSSR count). The Hall–Kier alpha value is -3.38. The number of hydrogen-bond donors (Lipinski definition) is 1.